The molecule has 1 aromatic heterocycles. The molecule has 0 N–H and O–H groups in total. The second-order valence-corrected chi connectivity index (χ2v) is 4.75. The molecule has 1 aromatic rings. The molecule has 16 heavy (non-hydrogen) atoms. The van der Waals surface area contributed by atoms with E-state index < -0.39 is 0 Å². The van der Waals surface area contributed by atoms with Crippen LogP contribution in [0.25, 0.3) is 0 Å². The topological polar surface area (TPSA) is 30.0 Å². The molecule has 0 bridgehead atoms. The second kappa shape index (κ2) is 6.55. The van der Waals surface area contributed by atoms with E-state index in [9.17, 15) is 4.79 Å². The van der Waals surface area contributed by atoms with Crippen molar-refractivity contribution in [2.75, 3.05) is 6.26 Å². The van der Waals surface area contributed by atoms with Gasteiger partial charge in [0.15, 0.2) is 5.78 Å². The summed E-state index contributed by atoms with van der Waals surface area (Å²) in [5, 5.41) is 0. The van der Waals surface area contributed by atoms with Crippen molar-refractivity contribution in [2.45, 2.75) is 6.42 Å². The van der Waals surface area contributed by atoms with Gasteiger partial charge in [0.1, 0.15) is 0 Å². The first-order valence-corrected chi connectivity index (χ1v) is 6.47. The third-order valence-corrected chi connectivity index (χ3v) is 3.62. The van der Waals surface area contributed by atoms with E-state index in [0.29, 0.717) is 16.2 Å². The van der Waals surface area contributed by atoms with Crippen molar-refractivity contribution >= 4 is 34.0 Å². The van der Waals surface area contributed by atoms with Crippen molar-refractivity contribution in [3.63, 3.8) is 0 Å². The van der Waals surface area contributed by atoms with Crippen LogP contribution in [0.1, 0.15) is 16.8 Å². The van der Waals surface area contributed by atoms with Gasteiger partial charge in [-0.05, 0) is 24.8 Å². The van der Waals surface area contributed by atoms with E-state index in [-0.39, 0.29) is 11.7 Å². The van der Waals surface area contributed by atoms with Crippen LogP contribution in [-0.2, 0) is 0 Å². The number of carbonyl (C=O) groups is 1. The zero-order chi connectivity index (χ0) is 12.0. The molecule has 0 fully saturated rings. The van der Waals surface area contributed by atoms with Gasteiger partial charge in [0.25, 0.3) is 0 Å². The minimum atomic E-state index is -0.272. The number of carbonyl (C=O) groups excluding carboxylic acids is 1. The number of Topliss-reactive ketones (excluding diaryl/α,β-unsaturated/α-hetero) is 1. The minimum absolute atomic E-state index is 0.0207. The predicted octanol–water partition coefficient (Wildman–Crippen LogP) is 3.15. The van der Waals surface area contributed by atoms with Gasteiger partial charge >= 0.3 is 0 Å². The van der Waals surface area contributed by atoms with Crippen LogP contribution in [0.3, 0.4) is 0 Å². The zero-order valence-corrected chi connectivity index (χ0v) is 10.7. The number of thiocarbonyl (C=S) groups is 1. The number of nitrogens with zero attached hydrogens (tertiary/aromatic N) is 1. The second-order valence-electron chi connectivity index (χ2n) is 3.21. The molecule has 0 amide bonds. The Morgan fingerprint density at radius 3 is 3.00 bits per heavy atom. The highest BCUT2D eigenvalue weighted by Gasteiger charge is 2.22. The first-order chi connectivity index (χ1) is 7.70. The average Bonchev–Trinajstić information content (AvgIpc) is 2.35. The predicted molar refractivity (Wildman–Crippen MR) is 73.0 cm³/mol. The standard InChI is InChI=1S/C12H13NOS2/c1-3-5-10(12(15)16-2)11(14)9-6-4-7-13-8-9/h3-4,6-8,10H,1,5H2,2H3. The summed E-state index contributed by atoms with van der Waals surface area (Å²) in [6.07, 6.45) is 7.40. The lowest BCUT2D eigenvalue weighted by Gasteiger charge is -2.13. The van der Waals surface area contributed by atoms with Gasteiger partial charge in [-0.15, -0.1) is 18.3 Å². The molecule has 0 radical (unpaired) electrons. The highest BCUT2D eigenvalue weighted by atomic mass is 32.2. The van der Waals surface area contributed by atoms with Crippen LogP contribution < -0.4 is 0 Å². The van der Waals surface area contributed by atoms with Gasteiger partial charge in [0.05, 0.1) is 10.1 Å². The lowest BCUT2D eigenvalue weighted by atomic mass is 9.97. The van der Waals surface area contributed by atoms with Crippen molar-refractivity contribution in [1.82, 2.24) is 4.98 Å². The highest BCUT2D eigenvalue weighted by Crippen LogP contribution is 2.20. The van der Waals surface area contributed by atoms with E-state index in [2.05, 4.69) is 11.6 Å². The molecule has 2 nitrogen and oxygen atoms in total. The van der Waals surface area contributed by atoms with Crippen LogP contribution in [0, 0.1) is 5.92 Å². The highest BCUT2D eigenvalue weighted by molar-refractivity contribution is 8.22. The summed E-state index contributed by atoms with van der Waals surface area (Å²) in [6, 6.07) is 3.51. The summed E-state index contributed by atoms with van der Waals surface area (Å²) in [7, 11) is 0. The van der Waals surface area contributed by atoms with Crippen LogP contribution in [0.5, 0.6) is 0 Å². The maximum atomic E-state index is 12.1. The third kappa shape index (κ3) is 3.25. The quantitative estimate of drug-likeness (QED) is 0.457. The first kappa shape index (κ1) is 13.1. The number of pyridine rings is 1. The van der Waals surface area contributed by atoms with Crippen molar-refractivity contribution in [3.05, 3.63) is 42.7 Å². The van der Waals surface area contributed by atoms with E-state index in [1.54, 1.807) is 30.6 Å². The third-order valence-electron chi connectivity index (χ3n) is 2.15. The SMILES string of the molecule is C=CCC(C(=O)c1cccnc1)C(=S)SC. The van der Waals surface area contributed by atoms with Gasteiger partial charge in [-0.2, -0.15) is 0 Å². The van der Waals surface area contributed by atoms with Crippen molar-refractivity contribution in [2.24, 2.45) is 5.92 Å². The van der Waals surface area contributed by atoms with E-state index in [1.165, 1.54) is 11.8 Å². The van der Waals surface area contributed by atoms with Gasteiger partial charge in [-0.25, -0.2) is 0 Å². The van der Waals surface area contributed by atoms with Crippen molar-refractivity contribution in [3.8, 4) is 0 Å². The van der Waals surface area contributed by atoms with Crippen LogP contribution >= 0.6 is 24.0 Å². The number of aromatic nitrogens is 1. The van der Waals surface area contributed by atoms with E-state index in [0.717, 1.165) is 0 Å². The first-order valence-electron chi connectivity index (χ1n) is 4.83. The van der Waals surface area contributed by atoms with E-state index in [4.69, 9.17) is 12.2 Å². The zero-order valence-electron chi connectivity index (χ0n) is 9.05. The molecule has 1 rings (SSSR count). The van der Waals surface area contributed by atoms with Crippen molar-refractivity contribution in [1.29, 1.82) is 0 Å². The van der Waals surface area contributed by atoms with Gasteiger partial charge in [-0.1, -0.05) is 18.3 Å². The molecule has 0 aliphatic heterocycles. The van der Waals surface area contributed by atoms with Crippen molar-refractivity contribution < 1.29 is 4.79 Å². The van der Waals surface area contributed by atoms with Crippen LogP contribution in [-0.4, -0.2) is 21.2 Å². The summed E-state index contributed by atoms with van der Waals surface area (Å²) in [6.45, 7) is 3.66. The molecule has 1 heterocycles. The summed E-state index contributed by atoms with van der Waals surface area (Å²) in [4.78, 5) is 16.1. The molecule has 1 unspecified atom stereocenters. The van der Waals surface area contributed by atoms with Crippen LogP contribution in [0.4, 0.5) is 0 Å². The Kier molecular flexibility index (Phi) is 5.35. The Hall–Kier alpha value is -1.000. The maximum absolute atomic E-state index is 12.1. The Balaban J connectivity index is 2.91. The fourth-order valence-corrected chi connectivity index (χ4v) is 2.02. The Morgan fingerprint density at radius 2 is 2.50 bits per heavy atom. The van der Waals surface area contributed by atoms with Gasteiger partial charge in [0, 0.05) is 18.0 Å². The summed E-state index contributed by atoms with van der Waals surface area (Å²) >= 11 is 6.63. The molecule has 0 saturated heterocycles. The van der Waals surface area contributed by atoms with Gasteiger partial charge in [-0.3, -0.25) is 9.78 Å². The number of hydrogen-bond donors (Lipinski definition) is 0. The average molecular weight is 251 g/mol. The number of hydrogen-bond acceptors (Lipinski definition) is 4. The molecule has 0 spiro atoms. The number of rotatable bonds is 5. The summed E-state index contributed by atoms with van der Waals surface area (Å²) in [5.74, 6) is -0.251. The number of thioether (sulfide) groups is 1. The normalized spacial score (nSPS) is 11.8. The number of allylic oxidation sites excluding steroid dienone is 1. The molecule has 0 aliphatic carbocycles. The fourth-order valence-electron chi connectivity index (χ4n) is 1.33. The fraction of sp³-hybridized carbons (Fsp3) is 0.250. The molecule has 4 heteroatoms. The molecule has 84 valence electrons. The molecule has 0 saturated carbocycles. The summed E-state index contributed by atoms with van der Waals surface area (Å²) < 4.78 is 0.703. The largest absolute Gasteiger partial charge is 0.293 e. The molecule has 0 aromatic carbocycles. The lowest BCUT2D eigenvalue weighted by molar-refractivity contribution is 0.0957. The van der Waals surface area contributed by atoms with E-state index >= 15 is 0 Å². The Morgan fingerprint density at radius 1 is 1.75 bits per heavy atom. The molecular weight excluding hydrogens is 238 g/mol. The van der Waals surface area contributed by atoms with E-state index in [1.807, 2.05) is 6.26 Å². The Labute approximate surface area is 105 Å². The summed E-state index contributed by atoms with van der Waals surface area (Å²) in [5.41, 5.74) is 0.603. The lowest BCUT2D eigenvalue weighted by Crippen LogP contribution is -2.20. The smallest absolute Gasteiger partial charge is 0.173 e. The number of ketones is 1. The minimum Gasteiger partial charge on any atom is -0.293 e. The van der Waals surface area contributed by atoms with Gasteiger partial charge < -0.3 is 0 Å². The van der Waals surface area contributed by atoms with Crippen LogP contribution in [0.2, 0.25) is 0 Å². The Bertz CT molecular complexity index is 389. The molecular formula is C12H13NOS2. The van der Waals surface area contributed by atoms with Crippen LogP contribution in [0.15, 0.2) is 37.2 Å². The maximum Gasteiger partial charge on any atom is 0.173 e. The molecule has 0 aliphatic rings. The monoisotopic (exact) mass is 251 g/mol. The van der Waals surface area contributed by atoms with Gasteiger partial charge in [0.2, 0.25) is 0 Å². The molecule has 1 atom stereocenters.